The molecule has 1 heterocycles. The Kier molecular flexibility index (Phi) is 4.05. The fourth-order valence-corrected chi connectivity index (χ4v) is 2.33. The van der Waals surface area contributed by atoms with Gasteiger partial charge < -0.3 is 9.73 Å². The van der Waals surface area contributed by atoms with Crippen LogP contribution in [0.5, 0.6) is 0 Å². The van der Waals surface area contributed by atoms with E-state index in [1.165, 1.54) is 0 Å². The minimum Gasteiger partial charge on any atom is -0.467 e. The average molecular weight is 291 g/mol. The van der Waals surface area contributed by atoms with Crippen LogP contribution < -0.4 is 5.32 Å². The summed E-state index contributed by atoms with van der Waals surface area (Å²) in [4.78, 5) is 12.2. The van der Waals surface area contributed by atoms with E-state index in [1.54, 1.807) is 6.26 Å². The second-order valence-corrected chi connectivity index (χ2v) is 5.15. The van der Waals surface area contributed by atoms with Crippen molar-refractivity contribution in [2.45, 2.75) is 13.0 Å². The number of furan rings is 1. The second kappa shape index (κ2) is 6.31. The molecule has 0 aliphatic rings. The Morgan fingerprint density at radius 3 is 2.23 bits per heavy atom. The van der Waals surface area contributed by atoms with Crippen molar-refractivity contribution >= 4 is 5.91 Å². The van der Waals surface area contributed by atoms with Gasteiger partial charge in [0.2, 0.25) is 0 Å². The van der Waals surface area contributed by atoms with Crippen LogP contribution in [0.2, 0.25) is 0 Å². The molecular formula is C19H17NO2. The summed E-state index contributed by atoms with van der Waals surface area (Å²) in [5, 5.41) is 2.93. The van der Waals surface area contributed by atoms with Gasteiger partial charge >= 0.3 is 0 Å². The molecule has 3 nitrogen and oxygen atoms in total. The van der Waals surface area contributed by atoms with Crippen molar-refractivity contribution < 1.29 is 9.21 Å². The molecule has 0 radical (unpaired) electrons. The van der Waals surface area contributed by atoms with E-state index in [0.717, 1.165) is 16.9 Å². The van der Waals surface area contributed by atoms with Crippen LogP contribution in [-0.2, 0) is 0 Å². The number of carbonyl (C=O) groups excluding carboxylic acids is 1. The Morgan fingerprint density at radius 2 is 1.59 bits per heavy atom. The van der Waals surface area contributed by atoms with E-state index in [2.05, 4.69) is 5.32 Å². The molecule has 0 bridgehead atoms. The van der Waals surface area contributed by atoms with Gasteiger partial charge in [0.15, 0.2) is 0 Å². The molecule has 0 saturated heterocycles. The van der Waals surface area contributed by atoms with Crippen LogP contribution in [0.4, 0.5) is 0 Å². The van der Waals surface area contributed by atoms with Gasteiger partial charge in [0, 0.05) is 5.56 Å². The van der Waals surface area contributed by atoms with Crippen LogP contribution in [0, 0.1) is 0 Å². The molecule has 0 unspecified atom stereocenters. The number of carbonyl (C=O) groups is 1. The van der Waals surface area contributed by atoms with E-state index in [0.29, 0.717) is 5.56 Å². The lowest BCUT2D eigenvalue weighted by Crippen LogP contribution is -2.26. The molecule has 3 rings (SSSR count). The largest absolute Gasteiger partial charge is 0.467 e. The van der Waals surface area contributed by atoms with Crippen molar-refractivity contribution in [2.75, 3.05) is 0 Å². The SMILES string of the molecule is C[C@@H](NC(=O)c1ccc(-c2ccccc2)cc1)c1ccco1. The monoisotopic (exact) mass is 291 g/mol. The quantitative estimate of drug-likeness (QED) is 0.772. The van der Waals surface area contributed by atoms with Gasteiger partial charge in [-0.25, -0.2) is 0 Å². The zero-order valence-corrected chi connectivity index (χ0v) is 12.3. The lowest BCUT2D eigenvalue weighted by Gasteiger charge is -2.11. The Labute approximate surface area is 129 Å². The third-order valence-electron chi connectivity index (χ3n) is 3.57. The third-order valence-corrected chi connectivity index (χ3v) is 3.57. The number of amides is 1. The van der Waals surface area contributed by atoms with E-state index in [1.807, 2.05) is 73.7 Å². The fraction of sp³-hybridized carbons (Fsp3) is 0.105. The van der Waals surface area contributed by atoms with Gasteiger partial charge in [0.1, 0.15) is 5.76 Å². The lowest BCUT2D eigenvalue weighted by atomic mass is 10.0. The van der Waals surface area contributed by atoms with Crippen molar-refractivity contribution in [3.8, 4) is 11.1 Å². The molecule has 3 heteroatoms. The van der Waals surface area contributed by atoms with Crippen molar-refractivity contribution in [3.63, 3.8) is 0 Å². The first-order valence-electron chi connectivity index (χ1n) is 7.24. The van der Waals surface area contributed by atoms with Crippen molar-refractivity contribution in [3.05, 3.63) is 84.3 Å². The van der Waals surface area contributed by atoms with Gasteiger partial charge in [-0.2, -0.15) is 0 Å². The van der Waals surface area contributed by atoms with Crippen LogP contribution in [0.1, 0.15) is 29.1 Å². The normalized spacial score (nSPS) is 11.9. The minimum absolute atomic E-state index is 0.108. The summed E-state index contributed by atoms with van der Waals surface area (Å²) in [5.74, 6) is 0.637. The summed E-state index contributed by atoms with van der Waals surface area (Å²) in [6.45, 7) is 1.90. The first-order chi connectivity index (χ1) is 10.7. The maximum Gasteiger partial charge on any atom is 0.251 e. The molecule has 22 heavy (non-hydrogen) atoms. The van der Waals surface area contributed by atoms with Gasteiger partial charge in [-0.1, -0.05) is 42.5 Å². The fourth-order valence-electron chi connectivity index (χ4n) is 2.33. The van der Waals surface area contributed by atoms with Gasteiger partial charge in [0.05, 0.1) is 12.3 Å². The highest BCUT2D eigenvalue weighted by atomic mass is 16.3. The number of rotatable bonds is 4. The van der Waals surface area contributed by atoms with Crippen LogP contribution >= 0.6 is 0 Å². The first kappa shape index (κ1) is 14.1. The molecule has 3 aromatic rings. The standard InChI is InChI=1S/C19H17NO2/c1-14(18-8-5-13-22-18)20-19(21)17-11-9-16(10-12-17)15-6-3-2-4-7-15/h2-14H,1H3,(H,20,21)/t14-/m1/s1. The predicted molar refractivity (Wildman–Crippen MR) is 86.5 cm³/mol. The highest BCUT2D eigenvalue weighted by Gasteiger charge is 2.13. The smallest absolute Gasteiger partial charge is 0.251 e. The average Bonchev–Trinajstić information content (AvgIpc) is 3.10. The van der Waals surface area contributed by atoms with E-state index in [4.69, 9.17) is 4.42 Å². The highest BCUT2D eigenvalue weighted by Crippen LogP contribution is 2.20. The van der Waals surface area contributed by atoms with E-state index in [9.17, 15) is 4.79 Å². The number of hydrogen-bond acceptors (Lipinski definition) is 2. The van der Waals surface area contributed by atoms with Crippen LogP contribution in [0.15, 0.2) is 77.4 Å². The molecule has 1 amide bonds. The molecule has 0 aliphatic heterocycles. The van der Waals surface area contributed by atoms with Crippen LogP contribution in [0.25, 0.3) is 11.1 Å². The maximum absolute atomic E-state index is 12.2. The van der Waals surface area contributed by atoms with Crippen LogP contribution in [0.3, 0.4) is 0 Å². The van der Waals surface area contributed by atoms with Crippen molar-refractivity contribution in [1.29, 1.82) is 0 Å². The molecule has 1 aromatic heterocycles. The summed E-state index contributed by atoms with van der Waals surface area (Å²) < 4.78 is 5.29. The predicted octanol–water partition coefficient (Wildman–Crippen LogP) is 4.44. The summed E-state index contributed by atoms with van der Waals surface area (Å²) >= 11 is 0. The molecule has 0 spiro atoms. The summed E-state index contributed by atoms with van der Waals surface area (Å²) in [5.41, 5.74) is 2.87. The third kappa shape index (κ3) is 3.09. The molecule has 110 valence electrons. The summed E-state index contributed by atoms with van der Waals surface area (Å²) in [6, 6.07) is 21.2. The zero-order valence-electron chi connectivity index (χ0n) is 12.3. The molecule has 1 atom stereocenters. The van der Waals surface area contributed by atoms with Gasteiger partial charge in [-0.15, -0.1) is 0 Å². The van der Waals surface area contributed by atoms with Gasteiger partial charge in [-0.3, -0.25) is 4.79 Å². The second-order valence-electron chi connectivity index (χ2n) is 5.15. The molecular weight excluding hydrogens is 274 g/mol. The number of benzene rings is 2. The Morgan fingerprint density at radius 1 is 0.909 bits per heavy atom. The number of nitrogens with one attached hydrogen (secondary N) is 1. The zero-order chi connectivity index (χ0) is 15.4. The van der Waals surface area contributed by atoms with Crippen molar-refractivity contribution in [1.82, 2.24) is 5.32 Å². The van der Waals surface area contributed by atoms with E-state index >= 15 is 0 Å². The highest BCUT2D eigenvalue weighted by molar-refractivity contribution is 5.94. The Bertz CT molecular complexity index is 731. The van der Waals surface area contributed by atoms with Crippen LogP contribution in [-0.4, -0.2) is 5.91 Å². The van der Waals surface area contributed by atoms with E-state index in [-0.39, 0.29) is 11.9 Å². The summed E-state index contributed by atoms with van der Waals surface area (Å²) in [6.07, 6.45) is 1.60. The molecule has 0 saturated carbocycles. The number of hydrogen-bond donors (Lipinski definition) is 1. The minimum atomic E-state index is -0.156. The Hall–Kier alpha value is -2.81. The first-order valence-corrected chi connectivity index (χ1v) is 7.24. The Balaban J connectivity index is 1.71. The topological polar surface area (TPSA) is 42.2 Å². The molecule has 1 N–H and O–H groups in total. The van der Waals surface area contributed by atoms with Gasteiger partial charge in [0.25, 0.3) is 5.91 Å². The van der Waals surface area contributed by atoms with Gasteiger partial charge in [-0.05, 0) is 42.3 Å². The maximum atomic E-state index is 12.2. The molecule has 2 aromatic carbocycles. The lowest BCUT2D eigenvalue weighted by molar-refractivity contribution is 0.0935. The van der Waals surface area contributed by atoms with Crippen molar-refractivity contribution in [2.24, 2.45) is 0 Å². The molecule has 0 fully saturated rings. The molecule has 0 aliphatic carbocycles. The van der Waals surface area contributed by atoms with E-state index < -0.39 is 0 Å². The summed E-state index contributed by atoms with van der Waals surface area (Å²) in [7, 11) is 0.